The van der Waals surface area contributed by atoms with Crippen LogP contribution >= 0.6 is 0 Å². The Morgan fingerprint density at radius 2 is 1.67 bits per heavy atom. The molecule has 1 N–H and O–H groups in total. The highest BCUT2D eigenvalue weighted by atomic mass is 19.1. The summed E-state index contributed by atoms with van der Waals surface area (Å²) < 4.78 is 12.8. The van der Waals surface area contributed by atoms with E-state index in [4.69, 9.17) is 0 Å². The molecule has 2 unspecified atom stereocenters. The van der Waals surface area contributed by atoms with Gasteiger partial charge in [0.25, 0.3) is 0 Å². The monoisotopic (exact) mass is 330 g/mol. The number of benzene rings is 1. The summed E-state index contributed by atoms with van der Waals surface area (Å²) in [6.45, 7) is 0.142. The molecule has 1 aromatic carbocycles. The van der Waals surface area contributed by atoms with Crippen molar-refractivity contribution >= 4 is 17.7 Å². The molecule has 1 aromatic rings. The van der Waals surface area contributed by atoms with Crippen LogP contribution in [0, 0.1) is 17.7 Å². The molecule has 0 bridgehead atoms. The maximum atomic E-state index is 12.8. The fourth-order valence-corrected chi connectivity index (χ4v) is 3.22. The lowest BCUT2D eigenvalue weighted by molar-refractivity contribution is -0.143. The molecular weight excluding hydrogens is 311 g/mol. The summed E-state index contributed by atoms with van der Waals surface area (Å²) in [7, 11) is 0. The van der Waals surface area contributed by atoms with Crippen molar-refractivity contribution in [3.8, 4) is 0 Å². The minimum atomic E-state index is -0.356. The molecule has 126 valence electrons. The molecule has 0 radical (unpaired) electrons. The van der Waals surface area contributed by atoms with Crippen LogP contribution in [0.15, 0.2) is 36.4 Å². The summed E-state index contributed by atoms with van der Waals surface area (Å²) in [4.78, 5) is 37.6. The lowest BCUT2D eigenvalue weighted by Crippen LogP contribution is -2.41. The maximum Gasteiger partial charge on any atom is 0.240 e. The number of fused-ring (bicyclic) bond motifs is 1. The van der Waals surface area contributed by atoms with E-state index >= 15 is 0 Å². The summed E-state index contributed by atoms with van der Waals surface area (Å²) in [5, 5.41) is 2.70. The molecule has 1 heterocycles. The smallest absolute Gasteiger partial charge is 0.240 e. The minimum Gasteiger partial charge on any atom is -0.354 e. The molecule has 24 heavy (non-hydrogen) atoms. The zero-order valence-corrected chi connectivity index (χ0v) is 13.2. The largest absolute Gasteiger partial charge is 0.354 e. The Kier molecular flexibility index (Phi) is 4.74. The molecule has 3 amide bonds. The normalized spacial score (nSPS) is 22.6. The van der Waals surface area contributed by atoms with Crippen LogP contribution in [0.5, 0.6) is 0 Å². The van der Waals surface area contributed by atoms with Crippen molar-refractivity contribution in [2.75, 3.05) is 13.1 Å². The second kappa shape index (κ2) is 6.95. The molecule has 0 saturated carbocycles. The van der Waals surface area contributed by atoms with Gasteiger partial charge in [-0.25, -0.2) is 4.39 Å². The van der Waals surface area contributed by atoms with E-state index in [9.17, 15) is 18.8 Å². The van der Waals surface area contributed by atoms with E-state index in [0.29, 0.717) is 25.8 Å². The third kappa shape index (κ3) is 3.37. The molecule has 2 atom stereocenters. The lowest BCUT2D eigenvalue weighted by atomic mass is 9.85. The van der Waals surface area contributed by atoms with Crippen LogP contribution < -0.4 is 5.32 Å². The zero-order chi connectivity index (χ0) is 17.1. The van der Waals surface area contributed by atoms with Crippen LogP contribution in [0.2, 0.25) is 0 Å². The first-order valence-electron chi connectivity index (χ1n) is 8.07. The summed E-state index contributed by atoms with van der Waals surface area (Å²) in [6, 6.07) is 6.06. The summed E-state index contributed by atoms with van der Waals surface area (Å²) in [6.07, 6.45) is 5.52. The number of imide groups is 1. The molecule has 0 spiro atoms. The Hall–Kier alpha value is -2.50. The Morgan fingerprint density at radius 3 is 2.25 bits per heavy atom. The fraction of sp³-hybridized carbons (Fsp3) is 0.389. The summed E-state index contributed by atoms with van der Waals surface area (Å²) in [5.74, 6) is -1.77. The van der Waals surface area contributed by atoms with Gasteiger partial charge >= 0.3 is 0 Å². The van der Waals surface area contributed by atoms with Crippen LogP contribution in [0.25, 0.3) is 0 Å². The molecule has 5 nitrogen and oxygen atoms in total. The first-order chi connectivity index (χ1) is 11.6. The third-order valence-electron chi connectivity index (χ3n) is 4.55. The van der Waals surface area contributed by atoms with Crippen LogP contribution in [0.1, 0.15) is 18.4 Å². The number of nitrogens with zero attached hydrogens (tertiary/aromatic N) is 1. The van der Waals surface area contributed by atoms with Gasteiger partial charge in [0.15, 0.2) is 0 Å². The molecule has 1 saturated heterocycles. The van der Waals surface area contributed by atoms with Gasteiger partial charge in [-0.3, -0.25) is 19.3 Å². The number of hydrogen-bond donors (Lipinski definition) is 1. The Balaban J connectivity index is 1.49. The zero-order valence-electron chi connectivity index (χ0n) is 13.2. The second-order valence-electron chi connectivity index (χ2n) is 6.14. The lowest BCUT2D eigenvalue weighted by Gasteiger charge is -2.14. The Morgan fingerprint density at radius 1 is 1.08 bits per heavy atom. The number of rotatable bonds is 5. The number of halogens is 1. The van der Waals surface area contributed by atoms with E-state index in [2.05, 4.69) is 5.32 Å². The quantitative estimate of drug-likeness (QED) is 0.656. The van der Waals surface area contributed by atoms with Crippen molar-refractivity contribution in [2.24, 2.45) is 11.8 Å². The number of amides is 3. The van der Waals surface area contributed by atoms with E-state index < -0.39 is 0 Å². The van der Waals surface area contributed by atoms with E-state index in [1.807, 2.05) is 12.2 Å². The molecular formula is C18H19FN2O3. The van der Waals surface area contributed by atoms with Crippen LogP contribution in [0.4, 0.5) is 4.39 Å². The van der Waals surface area contributed by atoms with Crippen molar-refractivity contribution in [1.29, 1.82) is 0 Å². The molecule has 1 aliphatic carbocycles. The van der Waals surface area contributed by atoms with Gasteiger partial charge in [-0.1, -0.05) is 24.3 Å². The van der Waals surface area contributed by atoms with Gasteiger partial charge in [-0.15, -0.1) is 0 Å². The molecule has 0 aromatic heterocycles. The van der Waals surface area contributed by atoms with Gasteiger partial charge in [0, 0.05) is 6.54 Å². The van der Waals surface area contributed by atoms with E-state index in [1.165, 1.54) is 12.1 Å². The predicted octanol–water partition coefficient (Wildman–Crippen LogP) is 1.44. The van der Waals surface area contributed by atoms with Gasteiger partial charge in [0.2, 0.25) is 17.7 Å². The van der Waals surface area contributed by atoms with Gasteiger partial charge < -0.3 is 5.32 Å². The number of hydrogen-bond acceptors (Lipinski definition) is 3. The van der Waals surface area contributed by atoms with Gasteiger partial charge in [-0.2, -0.15) is 0 Å². The average Bonchev–Trinajstić information content (AvgIpc) is 2.82. The topological polar surface area (TPSA) is 66.5 Å². The highest BCUT2D eigenvalue weighted by Crippen LogP contribution is 2.34. The van der Waals surface area contributed by atoms with Crippen LogP contribution in [0.3, 0.4) is 0 Å². The maximum absolute atomic E-state index is 12.8. The minimum absolute atomic E-state index is 0.228. The first kappa shape index (κ1) is 16.4. The molecule has 1 fully saturated rings. The van der Waals surface area contributed by atoms with Crippen LogP contribution in [-0.4, -0.2) is 35.7 Å². The Labute approximate surface area is 139 Å². The van der Waals surface area contributed by atoms with Crippen molar-refractivity contribution in [3.05, 3.63) is 47.8 Å². The van der Waals surface area contributed by atoms with Crippen molar-refractivity contribution < 1.29 is 18.8 Å². The summed E-state index contributed by atoms with van der Waals surface area (Å²) in [5.41, 5.74) is 0.905. The second-order valence-corrected chi connectivity index (χ2v) is 6.14. The Bertz CT molecular complexity index is 658. The van der Waals surface area contributed by atoms with Gasteiger partial charge in [0.1, 0.15) is 12.4 Å². The molecule has 6 heteroatoms. The number of carbonyl (C=O) groups excluding carboxylic acids is 3. The van der Waals surface area contributed by atoms with E-state index in [-0.39, 0.29) is 41.9 Å². The predicted molar refractivity (Wildman–Crippen MR) is 85.2 cm³/mol. The van der Waals surface area contributed by atoms with Crippen molar-refractivity contribution in [1.82, 2.24) is 10.2 Å². The average molecular weight is 330 g/mol. The highest BCUT2D eigenvalue weighted by Gasteiger charge is 2.47. The van der Waals surface area contributed by atoms with Crippen molar-refractivity contribution in [2.45, 2.75) is 19.3 Å². The van der Waals surface area contributed by atoms with E-state index in [1.54, 1.807) is 12.1 Å². The molecule has 1 aliphatic heterocycles. The highest BCUT2D eigenvalue weighted by molar-refractivity contribution is 6.07. The van der Waals surface area contributed by atoms with Crippen molar-refractivity contribution in [3.63, 3.8) is 0 Å². The third-order valence-corrected chi connectivity index (χ3v) is 4.55. The number of nitrogens with one attached hydrogen (secondary N) is 1. The fourth-order valence-electron chi connectivity index (χ4n) is 3.22. The molecule has 3 rings (SSSR count). The van der Waals surface area contributed by atoms with Gasteiger partial charge in [0.05, 0.1) is 11.8 Å². The van der Waals surface area contributed by atoms with Crippen LogP contribution in [-0.2, 0) is 20.8 Å². The first-order valence-corrected chi connectivity index (χ1v) is 8.07. The number of carbonyl (C=O) groups is 3. The van der Waals surface area contributed by atoms with Gasteiger partial charge in [-0.05, 0) is 37.0 Å². The summed E-state index contributed by atoms with van der Waals surface area (Å²) >= 11 is 0. The number of allylic oxidation sites excluding steroid dienone is 2. The SMILES string of the molecule is O=C(CN1C(=O)C2CC=CCC2C1=O)NCCc1ccc(F)cc1. The molecule has 2 aliphatic rings. The number of likely N-dealkylation sites (tertiary alicyclic amines) is 1. The standard InChI is InChI=1S/C18H19FN2O3/c19-13-7-5-12(6-8-13)9-10-20-16(22)11-21-17(23)14-3-1-2-4-15(14)18(21)24/h1-2,5-8,14-15H,3-4,9-11H2,(H,20,22). The van der Waals surface area contributed by atoms with E-state index in [0.717, 1.165) is 10.5 Å².